The van der Waals surface area contributed by atoms with Gasteiger partial charge in [0.15, 0.2) is 0 Å². The number of nitrogens with one attached hydrogen (secondary N) is 3. The number of carbonyl (C=O) groups excluding carboxylic acids is 3. The van der Waals surface area contributed by atoms with Crippen LogP contribution in [0.25, 0.3) is 0 Å². The molecule has 0 radical (unpaired) electrons. The summed E-state index contributed by atoms with van der Waals surface area (Å²) >= 11 is 0. The minimum atomic E-state index is -4.47. The molecule has 0 bridgehead atoms. The van der Waals surface area contributed by atoms with Crippen molar-refractivity contribution in [2.24, 2.45) is 5.92 Å². The number of hydrogen-bond donors (Lipinski definition) is 3. The maximum atomic E-state index is 14.4. The molecular formula is C40H47F5N4O4. The molecule has 2 heterocycles. The van der Waals surface area contributed by atoms with Crippen molar-refractivity contribution in [2.75, 3.05) is 13.1 Å². The maximum absolute atomic E-state index is 14.4. The van der Waals surface area contributed by atoms with E-state index in [1.165, 1.54) is 30.0 Å². The zero-order chi connectivity index (χ0) is 38.3. The van der Waals surface area contributed by atoms with Crippen molar-refractivity contribution in [3.63, 3.8) is 0 Å². The number of amides is 3. The average Bonchev–Trinajstić information content (AvgIpc) is 3.69. The van der Waals surface area contributed by atoms with E-state index in [0.29, 0.717) is 43.4 Å². The Morgan fingerprint density at radius 1 is 0.981 bits per heavy atom. The van der Waals surface area contributed by atoms with Crippen LogP contribution in [0.2, 0.25) is 0 Å². The number of rotatable bonds is 15. The van der Waals surface area contributed by atoms with E-state index in [1.54, 1.807) is 6.07 Å². The van der Waals surface area contributed by atoms with Crippen LogP contribution in [-0.2, 0) is 44.7 Å². The Balaban J connectivity index is 1.35. The lowest BCUT2D eigenvalue weighted by Crippen LogP contribution is -2.60. The highest BCUT2D eigenvalue weighted by atomic mass is 19.4. The predicted octanol–water partition coefficient (Wildman–Crippen LogP) is 6.11. The number of carbonyl (C=O) groups is 3. The van der Waals surface area contributed by atoms with Gasteiger partial charge in [0.2, 0.25) is 17.7 Å². The van der Waals surface area contributed by atoms with Gasteiger partial charge in [0, 0.05) is 44.6 Å². The lowest BCUT2D eigenvalue weighted by molar-refractivity contribution is -0.144. The Morgan fingerprint density at radius 3 is 2.34 bits per heavy atom. The first-order valence-corrected chi connectivity index (χ1v) is 18.1. The van der Waals surface area contributed by atoms with Crippen molar-refractivity contribution in [3.05, 3.63) is 107 Å². The van der Waals surface area contributed by atoms with Crippen LogP contribution >= 0.6 is 0 Å². The number of likely N-dealkylation sites (tertiary alicyclic amines) is 1. The molecule has 2 fully saturated rings. The molecule has 13 heteroatoms. The Bertz CT molecular complexity index is 1720. The summed E-state index contributed by atoms with van der Waals surface area (Å²) in [5.41, 5.74) is -0.372. The van der Waals surface area contributed by atoms with Crippen molar-refractivity contribution in [3.8, 4) is 0 Å². The molecule has 0 aromatic heterocycles. The second-order valence-corrected chi connectivity index (χ2v) is 14.3. The predicted molar refractivity (Wildman–Crippen MR) is 189 cm³/mol. The number of ether oxygens (including phenoxy) is 1. The van der Waals surface area contributed by atoms with Crippen LogP contribution in [0.1, 0.15) is 68.7 Å². The van der Waals surface area contributed by atoms with E-state index in [0.717, 1.165) is 23.8 Å². The zero-order valence-electron chi connectivity index (χ0n) is 30.1. The quantitative estimate of drug-likeness (QED) is 0.163. The summed E-state index contributed by atoms with van der Waals surface area (Å²) in [6, 6.07) is 15.7. The van der Waals surface area contributed by atoms with Gasteiger partial charge >= 0.3 is 6.18 Å². The number of alkyl halides is 3. The molecule has 0 saturated carbocycles. The van der Waals surface area contributed by atoms with Gasteiger partial charge in [-0.25, -0.2) is 8.78 Å². The Labute approximate surface area is 306 Å². The van der Waals surface area contributed by atoms with E-state index in [1.807, 2.05) is 44.2 Å². The lowest BCUT2D eigenvalue weighted by atomic mass is 9.81. The summed E-state index contributed by atoms with van der Waals surface area (Å²) in [7, 11) is 0. The number of nitrogens with zero attached hydrogens (tertiary/aromatic N) is 1. The first-order chi connectivity index (χ1) is 25.2. The highest BCUT2D eigenvalue weighted by Crippen LogP contribution is 2.35. The summed E-state index contributed by atoms with van der Waals surface area (Å²) in [5.74, 6) is -2.82. The first-order valence-electron chi connectivity index (χ1n) is 18.1. The molecule has 6 atom stereocenters. The number of benzene rings is 3. The van der Waals surface area contributed by atoms with Crippen molar-refractivity contribution in [1.29, 1.82) is 0 Å². The van der Waals surface area contributed by atoms with E-state index in [9.17, 15) is 36.3 Å². The van der Waals surface area contributed by atoms with Crippen molar-refractivity contribution in [1.82, 2.24) is 20.9 Å². The molecule has 3 N–H and O–H groups in total. The molecule has 3 aromatic rings. The van der Waals surface area contributed by atoms with E-state index in [2.05, 4.69) is 16.0 Å². The molecule has 0 spiro atoms. The fourth-order valence-corrected chi connectivity index (χ4v) is 7.59. The monoisotopic (exact) mass is 742 g/mol. The summed E-state index contributed by atoms with van der Waals surface area (Å²) < 4.78 is 74.2. The Kier molecular flexibility index (Phi) is 12.9. The van der Waals surface area contributed by atoms with Crippen LogP contribution in [0.5, 0.6) is 0 Å². The first kappa shape index (κ1) is 39.8. The van der Waals surface area contributed by atoms with Gasteiger partial charge in [-0.05, 0) is 72.6 Å². The summed E-state index contributed by atoms with van der Waals surface area (Å²) in [4.78, 5) is 42.5. The van der Waals surface area contributed by atoms with Gasteiger partial charge in [0.1, 0.15) is 23.2 Å². The van der Waals surface area contributed by atoms with Gasteiger partial charge in [-0.3, -0.25) is 14.4 Å². The van der Waals surface area contributed by atoms with Gasteiger partial charge in [0.25, 0.3) is 0 Å². The number of halogens is 5. The fraction of sp³-hybridized carbons (Fsp3) is 0.475. The molecule has 0 aliphatic carbocycles. The molecular weight excluding hydrogens is 695 g/mol. The summed E-state index contributed by atoms with van der Waals surface area (Å²) in [6.07, 6.45) is -2.73. The normalized spacial score (nSPS) is 22.0. The SMILES string of the molecule is CCC(C)[C@@]1(NC(C)=O)CCN(C(Cc2ccccc2)C(=O)N[C@@H](Cc2cc(F)cc(F)c2)C[C@H]2C[C@@H](OCc3cccc(C(F)(F)F)c3)CN2)C1=O. The smallest absolute Gasteiger partial charge is 0.372 e. The van der Waals surface area contributed by atoms with Gasteiger partial charge in [0.05, 0.1) is 18.3 Å². The Morgan fingerprint density at radius 2 is 1.68 bits per heavy atom. The molecule has 2 unspecified atom stereocenters. The fourth-order valence-electron chi connectivity index (χ4n) is 7.59. The van der Waals surface area contributed by atoms with Crippen molar-refractivity contribution in [2.45, 2.75) is 102 Å². The molecule has 2 aliphatic rings. The van der Waals surface area contributed by atoms with Crippen molar-refractivity contribution < 1.29 is 41.1 Å². The third-order valence-electron chi connectivity index (χ3n) is 10.4. The second kappa shape index (κ2) is 17.2. The molecule has 5 rings (SSSR count). The van der Waals surface area contributed by atoms with E-state index in [4.69, 9.17) is 4.74 Å². The standard InChI is InChI=1S/C40H47F5N4O4/c1-4-25(2)39(48-26(3)50)13-14-49(38(39)52)36(19-27-9-6-5-7-10-27)37(51)47-34(18-29-16-31(41)20-32(42)17-29)21-33-22-35(23-46-33)53-24-28-11-8-12-30(15-28)40(43,44)45/h5-12,15-17,20,25,33-36,46H,4,13-14,18-19,21-24H2,1-3H3,(H,47,51)(H,48,50)/t25?,33-,34-,35+,36?,39-/m0/s1. The van der Waals surface area contributed by atoms with Gasteiger partial charge in [-0.15, -0.1) is 0 Å². The molecule has 8 nitrogen and oxygen atoms in total. The average molecular weight is 743 g/mol. The lowest BCUT2D eigenvalue weighted by Gasteiger charge is -2.36. The zero-order valence-corrected chi connectivity index (χ0v) is 30.1. The van der Waals surface area contributed by atoms with E-state index >= 15 is 0 Å². The van der Waals surface area contributed by atoms with E-state index < -0.39 is 46.9 Å². The minimum absolute atomic E-state index is 0.0205. The molecule has 3 amide bonds. The van der Waals surface area contributed by atoms with Gasteiger partial charge in [-0.2, -0.15) is 13.2 Å². The van der Waals surface area contributed by atoms with Crippen LogP contribution in [0.3, 0.4) is 0 Å². The minimum Gasteiger partial charge on any atom is -0.372 e. The highest BCUT2D eigenvalue weighted by Gasteiger charge is 2.53. The summed E-state index contributed by atoms with van der Waals surface area (Å²) in [5, 5.41) is 9.37. The molecule has 2 aliphatic heterocycles. The summed E-state index contributed by atoms with van der Waals surface area (Å²) in [6.45, 7) is 5.85. The topological polar surface area (TPSA) is 99.8 Å². The van der Waals surface area contributed by atoms with Crippen LogP contribution in [0.15, 0.2) is 72.8 Å². The molecule has 2 saturated heterocycles. The highest BCUT2D eigenvalue weighted by molar-refractivity contribution is 5.96. The van der Waals surface area contributed by atoms with Crippen LogP contribution < -0.4 is 16.0 Å². The third kappa shape index (κ3) is 10.2. The Hall–Kier alpha value is -4.36. The van der Waals surface area contributed by atoms with Crippen LogP contribution in [0.4, 0.5) is 22.0 Å². The van der Waals surface area contributed by atoms with Gasteiger partial charge in [-0.1, -0.05) is 62.7 Å². The number of hydrogen-bond acceptors (Lipinski definition) is 5. The third-order valence-corrected chi connectivity index (χ3v) is 10.4. The van der Waals surface area contributed by atoms with E-state index in [-0.39, 0.29) is 55.9 Å². The molecule has 3 aromatic carbocycles. The second-order valence-electron chi connectivity index (χ2n) is 14.3. The van der Waals surface area contributed by atoms with Crippen LogP contribution in [0, 0.1) is 17.6 Å². The van der Waals surface area contributed by atoms with Gasteiger partial charge < -0.3 is 25.6 Å². The molecule has 53 heavy (non-hydrogen) atoms. The maximum Gasteiger partial charge on any atom is 0.416 e. The largest absolute Gasteiger partial charge is 0.416 e. The van der Waals surface area contributed by atoms with Crippen molar-refractivity contribution >= 4 is 17.7 Å². The van der Waals surface area contributed by atoms with Crippen LogP contribution in [-0.4, -0.2) is 65.5 Å². The molecule has 286 valence electrons.